The number of methoxy groups -OCH3 is 1. The van der Waals surface area contributed by atoms with Crippen LogP contribution in [0.4, 0.5) is 0 Å². The third kappa shape index (κ3) is 3.46. The van der Waals surface area contributed by atoms with E-state index < -0.39 is 0 Å². The van der Waals surface area contributed by atoms with Crippen LogP contribution in [-0.2, 0) is 4.79 Å². The highest BCUT2D eigenvalue weighted by Crippen LogP contribution is 2.16. The van der Waals surface area contributed by atoms with Crippen molar-refractivity contribution < 1.29 is 14.3 Å². The van der Waals surface area contributed by atoms with Crippen molar-refractivity contribution >= 4 is 5.78 Å². The molecule has 0 aliphatic rings. The molecule has 15 heavy (non-hydrogen) atoms. The minimum absolute atomic E-state index is 0.0294. The van der Waals surface area contributed by atoms with E-state index in [0.717, 1.165) is 5.75 Å². The van der Waals surface area contributed by atoms with Crippen LogP contribution in [0.5, 0.6) is 11.5 Å². The molecule has 0 aromatic heterocycles. The second-order valence-electron chi connectivity index (χ2n) is 3.17. The maximum Gasteiger partial charge on any atom is 0.195 e. The van der Waals surface area contributed by atoms with Gasteiger partial charge in [0, 0.05) is 0 Å². The minimum Gasteiger partial charge on any atom is -0.497 e. The number of carbonyl (C=O) groups is 1. The van der Waals surface area contributed by atoms with Crippen LogP contribution in [0.1, 0.15) is 6.92 Å². The highest BCUT2D eigenvalue weighted by atomic mass is 16.5. The van der Waals surface area contributed by atoms with E-state index in [1.54, 1.807) is 38.3 Å². The molecule has 0 saturated carbocycles. The van der Waals surface area contributed by atoms with Crippen molar-refractivity contribution in [3.8, 4) is 11.5 Å². The molecule has 0 atom stereocenters. The Morgan fingerprint density at radius 3 is 2.27 bits per heavy atom. The summed E-state index contributed by atoms with van der Waals surface area (Å²) in [6, 6.07) is 7.07. The van der Waals surface area contributed by atoms with Gasteiger partial charge >= 0.3 is 0 Å². The number of hydrogen-bond acceptors (Lipinski definition) is 3. The summed E-state index contributed by atoms with van der Waals surface area (Å²) >= 11 is 0. The molecule has 0 spiro atoms. The Hall–Kier alpha value is -1.77. The monoisotopic (exact) mass is 206 g/mol. The topological polar surface area (TPSA) is 35.5 Å². The number of benzene rings is 1. The SMILES string of the molecule is C=C(C)C(=O)COc1ccc(OC)cc1. The molecule has 0 unspecified atom stereocenters. The summed E-state index contributed by atoms with van der Waals surface area (Å²) in [6.07, 6.45) is 0. The lowest BCUT2D eigenvalue weighted by Gasteiger charge is -2.05. The summed E-state index contributed by atoms with van der Waals surface area (Å²) in [5.74, 6) is 1.31. The summed E-state index contributed by atoms with van der Waals surface area (Å²) in [5, 5.41) is 0. The standard InChI is InChI=1S/C12H14O3/c1-9(2)12(13)8-15-11-6-4-10(14-3)5-7-11/h4-7H,1,8H2,2-3H3. The molecular formula is C12H14O3. The molecule has 0 fully saturated rings. The zero-order chi connectivity index (χ0) is 11.3. The van der Waals surface area contributed by atoms with Gasteiger partial charge in [-0.15, -0.1) is 0 Å². The molecule has 0 aliphatic carbocycles. The van der Waals surface area contributed by atoms with Crippen LogP contribution in [0, 0.1) is 0 Å². The second kappa shape index (κ2) is 5.20. The molecule has 1 aromatic carbocycles. The fourth-order valence-corrected chi connectivity index (χ4v) is 0.944. The molecule has 0 aliphatic heterocycles. The Morgan fingerprint density at radius 1 is 1.27 bits per heavy atom. The summed E-state index contributed by atoms with van der Waals surface area (Å²) in [5.41, 5.74) is 0.503. The van der Waals surface area contributed by atoms with Crippen LogP contribution >= 0.6 is 0 Å². The van der Waals surface area contributed by atoms with Gasteiger partial charge in [0.05, 0.1) is 7.11 Å². The van der Waals surface area contributed by atoms with E-state index in [-0.39, 0.29) is 12.4 Å². The van der Waals surface area contributed by atoms with Gasteiger partial charge in [-0.3, -0.25) is 4.79 Å². The van der Waals surface area contributed by atoms with Crippen LogP contribution < -0.4 is 9.47 Å². The van der Waals surface area contributed by atoms with Crippen molar-refractivity contribution in [2.75, 3.05) is 13.7 Å². The first kappa shape index (κ1) is 11.3. The maximum atomic E-state index is 11.2. The van der Waals surface area contributed by atoms with Crippen molar-refractivity contribution in [3.05, 3.63) is 36.4 Å². The number of ether oxygens (including phenoxy) is 2. The summed E-state index contributed by atoms with van der Waals surface area (Å²) in [4.78, 5) is 11.2. The average molecular weight is 206 g/mol. The molecule has 3 nitrogen and oxygen atoms in total. The lowest BCUT2D eigenvalue weighted by Crippen LogP contribution is -2.11. The highest BCUT2D eigenvalue weighted by Gasteiger charge is 2.03. The van der Waals surface area contributed by atoms with Gasteiger partial charge in [-0.1, -0.05) is 6.58 Å². The van der Waals surface area contributed by atoms with Crippen LogP contribution in [-0.4, -0.2) is 19.5 Å². The molecule has 0 saturated heterocycles. The smallest absolute Gasteiger partial charge is 0.195 e. The third-order valence-corrected chi connectivity index (χ3v) is 1.91. The summed E-state index contributed by atoms with van der Waals surface area (Å²) in [7, 11) is 1.60. The van der Waals surface area contributed by atoms with Gasteiger partial charge in [-0.2, -0.15) is 0 Å². The van der Waals surface area contributed by atoms with Crippen molar-refractivity contribution in [3.63, 3.8) is 0 Å². The number of ketones is 1. The maximum absolute atomic E-state index is 11.2. The molecule has 0 N–H and O–H groups in total. The van der Waals surface area contributed by atoms with E-state index in [9.17, 15) is 4.79 Å². The van der Waals surface area contributed by atoms with Crippen LogP contribution in [0.25, 0.3) is 0 Å². The molecule has 0 radical (unpaired) electrons. The Balaban J connectivity index is 2.51. The molecule has 3 heteroatoms. The normalized spacial score (nSPS) is 9.47. The van der Waals surface area contributed by atoms with Crippen LogP contribution in [0.15, 0.2) is 36.4 Å². The Morgan fingerprint density at radius 2 is 1.80 bits per heavy atom. The molecule has 1 aromatic rings. The van der Waals surface area contributed by atoms with Crippen molar-refractivity contribution in [2.45, 2.75) is 6.92 Å². The second-order valence-corrected chi connectivity index (χ2v) is 3.17. The average Bonchev–Trinajstić information content (AvgIpc) is 2.26. The van der Waals surface area contributed by atoms with Gasteiger partial charge in [0.15, 0.2) is 12.4 Å². The van der Waals surface area contributed by atoms with Gasteiger partial charge in [-0.05, 0) is 36.8 Å². The van der Waals surface area contributed by atoms with E-state index in [4.69, 9.17) is 9.47 Å². The molecule has 1 rings (SSSR count). The van der Waals surface area contributed by atoms with Crippen molar-refractivity contribution in [2.24, 2.45) is 0 Å². The number of hydrogen-bond donors (Lipinski definition) is 0. The van der Waals surface area contributed by atoms with E-state index in [1.165, 1.54) is 0 Å². The largest absolute Gasteiger partial charge is 0.497 e. The third-order valence-electron chi connectivity index (χ3n) is 1.91. The van der Waals surface area contributed by atoms with Gasteiger partial charge in [-0.25, -0.2) is 0 Å². The molecular weight excluding hydrogens is 192 g/mol. The number of carbonyl (C=O) groups excluding carboxylic acids is 1. The number of Topliss-reactive ketones (excluding diaryl/α,β-unsaturated/α-hetero) is 1. The predicted octanol–water partition coefficient (Wildman–Crippen LogP) is 2.22. The van der Waals surface area contributed by atoms with E-state index in [0.29, 0.717) is 11.3 Å². The first-order chi connectivity index (χ1) is 7.13. The Kier molecular flexibility index (Phi) is 3.92. The summed E-state index contributed by atoms with van der Waals surface area (Å²) < 4.78 is 10.3. The lowest BCUT2D eigenvalue weighted by molar-refractivity contribution is -0.117. The van der Waals surface area contributed by atoms with Gasteiger partial charge in [0.1, 0.15) is 11.5 Å². The molecule has 0 bridgehead atoms. The first-order valence-electron chi connectivity index (χ1n) is 4.59. The van der Waals surface area contributed by atoms with Crippen LogP contribution in [0.3, 0.4) is 0 Å². The Labute approximate surface area is 89.3 Å². The van der Waals surface area contributed by atoms with Crippen molar-refractivity contribution in [1.29, 1.82) is 0 Å². The van der Waals surface area contributed by atoms with E-state index >= 15 is 0 Å². The van der Waals surface area contributed by atoms with Gasteiger partial charge in [0.25, 0.3) is 0 Å². The van der Waals surface area contributed by atoms with E-state index in [2.05, 4.69) is 6.58 Å². The van der Waals surface area contributed by atoms with Crippen molar-refractivity contribution in [1.82, 2.24) is 0 Å². The first-order valence-corrected chi connectivity index (χ1v) is 4.59. The quantitative estimate of drug-likeness (QED) is 0.693. The predicted molar refractivity (Wildman–Crippen MR) is 58.3 cm³/mol. The minimum atomic E-state index is -0.0918. The highest BCUT2D eigenvalue weighted by molar-refractivity contribution is 5.95. The zero-order valence-electron chi connectivity index (χ0n) is 8.95. The molecule has 0 amide bonds. The lowest BCUT2D eigenvalue weighted by atomic mass is 10.2. The fraction of sp³-hybridized carbons (Fsp3) is 0.250. The number of rotatable bonds is 5. The summed E-state index contributed by atoms with van der Waals surface area (Å²) in [6.45, 7) is 5.24. The molecule has 80 valence electrons. The van der Waals surface area contributed by atoms with Gasteiger partial charge < -0.3 is 9.47 Å². The zero-order valence-corrected chi connectivity index (χ0v) is 8.95. The Bertz CT molecular complexity index is 352. The fourth-order valence-electron chi connectivity index (χ4n) is 0.944. The molecule has 0 heterocycles. The van der Waals surface area contributed by atoms with E-state index in [1.807, 2.05) is 0 Å². The van der Waals surface area contributed by atoms with Gasteiger partial charge in [0.2, 0.25) is 0 Å². The van der Waals surface area contributed by atoms with Crippen LogP contribution in [0.2, 0.25) is 0 Å².